The third-order valence-corrected chi connectivity index (χ3v) is 5.62. The molecule has 0 unspecified atom stereocenters. The molecule has 1 aliphatic rings. The Balaban J connectivity index is 3.57. The van der Waals surface area contributed by atoms with Crippen LogP contribution in [0.4, 0.5) is 4.79 Å². The van der Waals surface area contributed by atoms with Gasteiger partial charge >= 0.3 is 6.16 Å². The number of aliphatic hydroxyl groups is 1. The molecule has 1 rings (SSSR count). The van der Waals surface area contributed by atoms with Crippen LogP contribution in [-0.4, -0.2) is 40.8 Å². The Hall–Kier alpha value is -2.62. The van der Waals surface area contributed by atoms with Crippen molar-refractivity contribution < 1.29 is 33.8 Å². The van der Waals surface area contributed by atoms with Crippen LogP contribution in [0.15, 0.2) is 11.3 Å². The predicted molar refractivity (Wildman–Crippen MR) is 124 cm³/mol. The summed E-state index contributed by atoms with van der Waals surface area (Å²) in [6.45, 7) is 11.2. The Kier molecular flexibility index (Phi) is 10.8. The van der Waals surface area contributed by atoms with Crippen molar-refractivity contribution in [3.8, 4) is 12.3 Å². The van der Waals surface area contributed by atoms with E-state index >= 15 is 0 Å². The summed E-state index contributed by atoms with van der Waals surface area (Å²) >= 11 is 0. The van der Waals surface area contributed by atoms with E-state index in [9.17, 15) is 24.3 Å². The summed E-state index contributed by atoms with van der Waals surface area (Å²) in [7, 11) is 0. The molecule has 0 radical (unpaired) electrons. The number of ether oxygens (including phenoxy) is 2. The fourth-order valence-corrected chi connectivity index (χ4v) is 3.87. The summed E-state index contributed by atoms with van der Waals surface area (Å²) < 4.78 is 10.5. The van der Waals surface area contributed by atoms with Gasteiger partial charge in [-0.05, 0) is 30.6 Å². The van der Waals surface area contributed by atoms with Crippen molar-refractivity contribution in [2.45, 2.75) is 85.7 Å². The predicted octanol–water partition coefficient (Wildman–Crippen LogP) is 4.97. The second kappa shape index (κ2) is 12.6. The third kappa shape index (κ3) is 7.18. The van der Waals surface area contributed by atoms with Crippen molar-refractivity contribution in [1.29, 1.82) is 0 Å². The summed E-state index contributed by atoms with van der Waals surface area (Å²) in [5, 5.41) is 11.2. The van der Waals surface area contributed by atoms with Crippen LogP contribution in [-0.2, 0) is 23.9 Å². The Morgan fingerprint density at radius 3 is 2.18 bits per heavy atom. The maximum absolute atomic E-state index is 13.5. The van der Waals surface area contributed by atoms with Crippen LogP contribution in [0.1, 0.15) is 80.1 Å². The number of Topliss-reactive ketones (excluding diaryl/α,β-unsaturated/α-hetero) is 3. The summed E-state index contributed by atoms with van der Waals surface area (Å²) in [6.07, 6.45) is 5.25. The molecular formula is C26H38O7. The maximum atomic E-state index is 13.5. The van der Waals surface area contributed by atoms with Gasteiger partial charge in [-0.15, -0.1) is 12.3 Å². The summed E-state index contributed by atoms with van der Waals surface area (Å²) in [6, 6.07) is 0. The lowest BCUT2D eigenvalue weighted by atomic mass is 9.78. The quantitative estimate of drug-likeness (QED) is 0.178. The van der Waals surface area contributed by atoms with Crippen LogP contribution in [0.2, 0.25) is 0 Å². The number of ketones is 3. The van der Waals surface area contributed by atoms with E-state index in [4.69, 9.17) is 15.9 Å². The molecule has 7 nitrogen and oxygen atoms in total. The minimum Gasteiger partial charge on any atom is -0.507 e. The van der Waals surface area contributed by atoms with Crippen LogP contribution >= 0.6 is 0 Å². The first-order valence-corrected chi connectivity index (χ1v) is 11.7. The number of terminal acetylenes is 1. The van der Waals surface area contributed by atoms with Gasteiger partial charge in [0.05, 0.1) is 5.92 Å². The Bertz CT molecular complexity index is 813. The number of carbonyl (C=O) groups is 4. The van der Waals surface area contributed by atoms with E-state index in [-0.39, 0.29) is 50.0 Å². The van der Waals surface area contributed by atoms with Gasteiger partial charge in [-0.3, -0.25) is 14.4 Å². The number of hydrogen-bond acceptors (Lipinski definition) is 7. The standard InChI is InChI=1S/C26H38O7/c1-8-9-14-32-25(31)33-26(21(28)13-11-17(4)5)19(12-10-16(2)3)23(29)22(24(26)30)20(27)15-18(6)7/h1,16-19,30H,9-15H2,2-7H3/t19-,26+/m0/s1. The Labute approximate surface area is 197 Å². The molecule has 0 aromatic rings. The molecule has 7 heteroatoms. The molecule has 1 aliphatic carbocycles. The van der Waals surface area contributed by atoms with E-state index in [1.165, 1.54) is 0 Å². The van der Waals surface area contributed by atoms with Crippen LogP contribution in [0.25, 0.3) is 0 Å². The zero-order valence-electron chi connectivity index (χ0n) is 20.7. The molecule has 184 valence electrons. The lowest BCUT2D eigenvalue weighted by Gasteiger charge is -2.33. The number of allylic oxidation sites excluding steroid dienone is 1. The van der Waals surface area contributed by atoms with Crippen molar-refractivity contribution in [3.63, 3.8) is 0 Å². The molecule has 0 saturated heterocycles. The van der Waals surface area contributed by atoms with E-state index < -0.39 is 46.4 Å². The van der Waals surface area contributed by atoms with E-state index in [2.05, 4.69) is 5.92 Å². The van der Waals surface area contributed by atoms with Crippen LogP contribution in [0.3, 0.4) is 0 Å². The molecule has 0 aromatic heterocycles. The molecule has 0 spiro atoms. The topological polar surface area (TPSA) is 107 Å². The van der Waals surface area contributed by atoms with Gasteiger partial charge in [-0.1, -0.05) is 48.0 Å². The molecule has 0 fully saturated rings. The maximum Gasteiger partial charge on any atom is 0.509 e. The Morgan fingerprint density at radius 1 is 1.06 bits per heavy atom. The van der Waals surface area contributed by atoms with Crippen LogP contribution in [0.5, 0.6) is 0 Å². The minimum atomic E-state index is -2.27. The highest BCUT2D eigenvalue weighted by Gasteiger charge is 2.62. The summed E-state index contributed by atoms with van der Waals surface area (Å²) in [5.74, 6) is -1.20. The lowest BCUT2D eigenvalue weighted by Crippen LogP contribution is -2.50. The van der Waals surface area contributed by atoms with Gasteiger partial charge in [0.1, 0.15) is 12.2 Å². The van der Waals surface area contributed by atoms with E-state index in [0.717, 1.165) is 0 Å². The monoisotopic (exact) mass is 462 g/mol. The second-order valence-corrected chi connectivity index (χ2v) is 9.88. The molecule has 33 heavy (non-hydrogen) atoms. The molecule has 1 N–H and O–H groups in total. The van der Waals surface area contributed by atoms with Gasteiger partial charge in [0.25, 0.3) is 0 Å². The number of hydrogen-bond donors (Lipinski definition) is 1. The van der Waals surface area contributed by atoms with Crippen molar-refractivity contribution in [2.24, 2.45) is 23.7 Å². The molecule has 0 aliphatic heterocycles. The van der Waals surface area contributed by atoms with Crippen molar-refractivity contribution in [2.75, 3.05) is 6.61 Å². The Morgan fingerprint density at radius 2 is 1.67 bits per heavy atom. The smallest absolute Gasteiger partial charge is 0.507 e. The average molecular weight is 463 g/mol. The lowest BCUT2D eigenvalue weighted by molar-refractivity contribution is -0.149. The van der Waals surface area contributed by atoms with E-state index in [1.54, 1.807) is 0 Å². The highest BCUT2D eigenvalue weighted by Crippen LogP contribution is 2.45. The van der Waals surface area contributed by atoms with Crippen molar-refractivity contribution in [3.05, 3.63) is 11.3 Å². The number of aliphatic hydroxyl groups excluding tert-OH is 1. The average Bonchev–Trinajstić information content (AvgIpc) is 2.91. The molecule has 0 amide bonds. The number of rotatable bonds is 13. The van der Waals surface area contributed by atoms with Gasteiger partial charge in [0.2, 0.25) is 5.60 Å². The molecule has 2 atom stereocenters. The van der Waals surface area contributed by atoms with Gasteiger partial charge in [-0.2, -0.15) is 0 Å². The van der Waals surface area contributed by atoms with Crippen LogP contribution < -0.4 is 0 Å². The molecular weight excluding hydrogens is 424 g/mol. The minimum absolute atomic E-state index is 0.0188. The highest BCUT2D eigenvalue weighted by molar-refractivity contribution is 6.26. The molecule has 0 heterocycles. The SMILES string of the molecule is C#CCCOC(=O)O[C@]1(C(=O)CCC(C)C)C(O)=C(C(=O)CC(C)C)C(=O)[C@@H]1CCC(C)C. The summed E-state index contributed by atoms with van der Waals surface area (Å²) in [5.41, 5.74) is -2.71. The first-order chi connectivity index (χ1) is 15.4. The van der Waals surface area contributed by atoms with E-state index in [1.807, 2.05) is 41.5 Å². The fraction of sp³-hybridized carbons (Fsp3) is 0.692. The van der Waals surface area contributed by atoms with Gasteiger partial charge in [0, 0.05) is 19.3 Å². The zero-order chi connectivity index (χ0) is 25.3. The third-order valence-electron chi connectivity index (χ3n) is 5.62. The first-order valence-electron chi connectivity index (χ1n) is 11.7. The molecule has 0 saturated carbocycles. The second-order valence-electron chi connectivity index (χ2n) is 9.88. The van der Waals surface area contributed by atoms with Gasteiger partial charge in [-0.25, -0.2) is 4.79 Å². The zero-order valence-corrected chi connectivity index (χ0v) is 20.7. The van der Waals surface area contributed by atoms with Crippen molar-refractivity contribution in [1.82, 2.24) is 0 Å². The fourth-order valence-electron chi connectivity index (χ4n) is 3.87. The molecule has 0 bridgehead atoms. The normalized spacial score (nSPS) is 20.5. The van der Waals surface area contributed by atoms with Gasteiger partial charge in [0.15, 0.2) is 23.1 Å². The number of carbonyl (C=O) groups excluding carboxylic acids is 4. The van der Waals surface area contributed by atoms with Gasteiger partial charge < -0.3 is 14.6 Å². The largest absolute Gasteiger partial charge is 0.509 e. The summed E-state index contributed by atoms with van der Waals surface area (Å²) in [4.78, 5) is 52.3. The first kappa shape index (κ1) is 28.4. The van der Waals surface area contributed by atoms with Crippen LogP contribution in [0, 0.1) is 36.0 Å². The highest BCUT2D eigenvalue weighted by atomic mass is 16.7. The van der Waals surface area contributed by atoms with Crippen molar-refractivity contribution >= 4 is 23.5 Å². The molecule has 0 aromatic carbocycles. The van der Waals surface area contributed by atoms with E-state index in [0.29, 0.717) is 12.8 Å².